The number of aromatic nitrogens is 3. The number of hydrogen-bond acceptors (Lipinski definition) is 0. The van der Waals surface area contributed by atoms with Crippen molar-refractivity contribution in [2.45, 2.75) is 0 Å². The molecule has 5 heteroatoms. The van der Waals surface area contributed by atoms with Crippen LogP contribution in [0.15, 0.2) is 176 Å². The van der Waals surface area contributed by atoms with Crippen LogP contribution in [-0.4, -0.2) is 13.7 Å². The fraction of sp³-hybridized carbons (Fsp3) is 0. The van der Waals surface area contributed by atoms with E-state index in [9.17, 15) is 0 Å². The van der Waals surface area contributed by atoms with E-state index in [4.69, 9.17) is 13.1 Å². The van der Waals surface area contributed by atoms with Gasteiger partial charge in [-0.15, -0.1) is 0 Å². The molecule has 0 fully saturated rings. The minimum absolute atomic E-state index is 0.560. The van der Waals surface area contributed by atoms with Crippen molar-refractivity contribution in [2.75, 3.05) is 0 Å². The van der Waals surface area contributed by atoms with Gasteiger partial charge in [0.25, 0.3) is 0 Å². The van der Waals surface area contributed by atoms with Crippen LogP contribution in [0.5, 0.6) is 0 Å². The average Bonchev–Trinajstić information content (AvgIpc) is 3.89. The average molecular weight is 700 g/mol. The first-order valence-electron chi connectivity index (χ1n) is 18.3. The van der Waals surface area contributed by atoms with Crippen LogP contribution in [-0.2, 0) is 0 Å². The highest BCUT2D eigenvalue weighted by Gasteiger charge is 2.18. The molecule has 0 atom stereocenters. The van der Waals surface area contributed by atoms with Crippen molar-refractivity contribution in [3.63, 3.8) is 0 Å². The first kappa shape index (κ1) is 30.7. The molecule has 254 valence electrons. The number of rotatable bonds is 4. The molecule has 0 bridgehead atoms. The van der Waals surface area contributed by atoms with Gasteiger partial charge in [-0.1, -0.05) is 97.1 Å². The van der Waals surface area contributed by atoms with Gasteiger partial charge in [0.15, 0.2) is 11.4 Å². The lowest BCUT2D eigenvalue weighted by atomic mass is 10.0. The second-order valence-electron chi connectivity index (χ2n) is 14.0. The van der Waals surface area contributed by atoms with Gasteiger partial charge < -0.3 is 13.7 Å². The van der Waals surface area contributed by atoms with Crippen LogP contribution >= 0.6 is 0 Å². The van der Waals surface area contributed by atoms with E-state index in [1.54, 1.807) is 0 Å². The molecule has 3 aromatic heterocycles. The summed E-state index contributed by atoms with van der Waals surface area (Å²) in [6.45, 7) is 15.9. The van der Waals surface area contributed by atoms with Gasteiger partial charge in [-0.3, -0.25) is 0 Å². The van der Waals surface area contributed by atoms with Gasteiger partial charge in [-0.25, -0.2) is 9.69 Å². The number of fused-ring (bicyclic) bond motifs is 9. The Hall–Kier alpha value is -7.86. The molecule has 0 N–H and O–H groups in total. The summed E-state index contributed by atoms with van der Waals surface area (Å²) in [6, 6.07) is 61.5. The molecule has 0 unspecified atom stereocenters. The van der Waals surface area contributed by atoms with Gasteiger partial charge in [0.1, 0.15) is 0 Å². The van der Waals surface area contributed by atoms with E-state index >= 15 is 0 Å². The number of nitrogens with zero attached hydrogens (tertiary/aromatic N) is 5. The van der Waals surface area contributed by atoms with Crippen molar-refractivity contribution in [1.29, 1.82) is 0 Å². The van der Waals surface area contributed by atoms with Gasteiger partial charge in [0, 0.05) is 49.5 Å². The van der Waals surface area contributed by atoms with E-state index in [-0.39, 0.29) is 0 Å². The topological polar surface area (TPSA) is 23.5 Å². The third-order valence-corrected chi connectivity index (χ3v) is 11.0. The molecule has 0 aliphatic heterocycles. The van der Waals surface area contributed by atoms with Crippen LogP contribution < -0.4 is 0 Å². The summed E-state index contributed by atoms with van der Waals surface area (Å²) in [5.41, 5.74) is 12.9. The van der Waals surface area contributed by atoms with Crippen molar-refractivity contribution in [2.24, 2.45) is 0 Å². The Kier molecular flexibility index (Phi) is 6.61. The zero-order chi connectivity index (χ0) is 36.6. The summed E-state index contributed by atoms with van der Waals surface area (Å²) in [6.07, 6.45) is 0. The summed E-state index contributed by atoms with van der Waals surface area (Å²) < 4.78 is 6.90. The molecule has 0 aliphatic rings. The molecule has 0 radical (unpaired) electrons. The molecule has 5 nitrogen and oxygen atoms in total. The Morgan fingerprint density at radius 1 is 0.327 bits per heavy atom. The van der Waals surface area contributed by atoms with Crippen molar-refractivity contribution in [1.82, 2.24) is 13.7 Å². The number of para-hydroxylation sites is 4. The summed E-state index contributed by atoms with van der Waals surface area (Å²) in [7, 11) is 0. The second kappa shape index (κ2) is 11.8. The van der Waals surface area contributed by atoms with E-state index in [2.05, 4.69) is 163 Å². The zero-order valence-electron chi connectivity index (χ0n) is 29.5. The summed E-state index contributed by atoms with van der Waals surface area (Å²) >= 11 is 0. The summed E-state index contributed by atoms with van der Waals surface area (Å²) in [4.78, 5) is 7.73. The lowest BCUT2D eigenvalue weighted by molar-refractivity contribution is 1.16. The smallest absolute Gasteiger partial charge is 0.197 e. The SMILES string of the molecule is [C-]#[N+]c1cc(-c2ccc(-n3c4ccccc4c4cc(-n5c6ccccc6c6ccccc65)ccc43)cc2)cc(-n2c3ccccc3c3c([N+]#[C-])cccc32)c1. The Bertz CT molecular complexity index is 3400. The van der Waals surface area contributed by atoms with Gasteiger partial charge >= 0.3 is 0 Å². The lowest BCUT2D eigenvalue weighted by Gasteiger charge is -2.13. The Morgan fingerprint density at radius 2 is 0.836 bits per heavy atom. The van der Waals surface area contributed by atoms with Crippen LogP contribution in [0.1, 0.15) is 0 Å². The predicted octanol–water partition coefficient (Wildman–Crippen LogP) is 13.7. The second-order valence-corrected chi connectivity index (χ2v) is 14.0. The van der Waals surface area contributed by atoms with Crippen molar-refractivity contribution in [3.05, 3.63) is 199 Å². The predicted molar refractivity (Wildman–Crippen MR) is 227 cm³/mol. The molecule has 55 heavy (non-hydrogen) atoms. The molecule has 11 aromatic rings. The van der Waals surface area contributed by atoms with E-state index in [0.29, 0.717) is 11.4 Å². The monoisotopic (exact) mass is 699 g/mol. The third-order valence-electron chi connectivity index (χ3n) is 11.0. The quantitative estimate of drug-likeness (QED) is 0.163. The minimum Gasteiger partial charge on any atom is -0.312 e. The first-order chi connectivity index (χ1) is 27.2. The highest BCUT2D eigenvalue weighted by Crippen LogP contribution is 2.41. The van der Waals surface area contributed by atoms with Crippen molar-refractivity contribution >= 4 is 76.8 Å². The standard InChI is InChI=1S/C50H29N5/c1-51-34-28-33(29-37(30-34)55-47-20-10-6-15-41(47)50-43(52-2)16-11-21-49(50)55)32-22-24-35(25-23-32)53-46-19-9-5-14-40(46)42-31-36(26-27-48(42)53)54-44-17-7-3-12-38(44)39-13-4-8-18-45(39)54/h3-31H. The molecule has 0 saturated carbocycles. The first-order valence-corrected chi connectivity index (χ1v) is 18.3. The molecular weight excluding hydrogens is 671 g/mol. The van der Waals surface area contributed by atoms with E-state index in [0.717, 1.165) is 61.0 Å². The molecular formula is C50H29N5. The fourth-order valence-corrected chi connectivity index (χ4v) is 8.71. The number of benzene rings is 8. The Morgan fingerprint density at radius 3 is 1.47 bits per heavy atom. The maximum absolute atomic E-state index is 8.01. The van der Waals surface area contributed by atoms with Crippen LogP contribution in [0.25, 0.3) is 103 Å². The van der Waals surface area contributed by atoms with E-state index in [1.165, 1.54) is 32.6 Å². The van der Waals surface area contributed by atoms with Gasteiger partial charge in [-0.2, -0.15) is 0 Å². The summed E-state index contributed by atoms with van der Waals surface area (Å²) in [5, 5.41) is 6.85. The summed E-state index contributed by atoms with van der Waals surface area (Å²) in [5.74, 6) is 0. The van der Waals surface area contributed by atoms with Crippen LogP contribution in [0.4, 0.5) is 11.4 Å². The number of hydrogen-bond donors (Lipinski definition) is 0. The largest absolute Gasteiger partial charge is 0.312 e. The molecule has 0 spiro atoms. The minimum atomic E-state index is 0.560. The molecule has 8 aromatic carbocycles. The van der Waals surface area contributed by atoms with Crippen molar-refractivity contribution in [3.8, 4) is 28.2 Å². The van der Waals surface area contributed by atoms with E-state index < -0.39 is 0 Å². The normalized spacial score (nSPS) is 11.6. The fourth-order valence-electron chi connectivity index (χ4n) is 8.71. The molecule has 11 rings (SSSR count). The highest BCUT2D eigenvalue weighted by molar-refractivity contribution is 6.15. The van der Waals surface area contributed by atoms with Crippen LogP contribution in [0, 0.1) is 13.1 Å². The molecule has 0 saturated heterocycles. The van der Waals surface area contributed by atoms with Gasteiger partial charge in [0.05, 0.1) is 40.7 Å². The van der Waals surface area contributed by atoms with Gasteiger partial charge in [-0.05, 0) is 95.4 Å². The zero-order valence-corrected chi connectivity index (χ0v) is 29.5. The maximum Gasteiger partial charge on any atom is 0.197 e. The molecule has 3 heterocycles. The Balaban J connectivity index is 1.05. The van der Waals surface area contributed by atoms with Crippen LogP contribution in [0.2, 0.25) is 0 Å². The highest BCUT2D eigenvalue weighted by atomic mass is 15.0. The van der Waals surface area contributed by atoms with E-state index in [1.807, 2.05) is 36.4 Å². The molecule has 0 amide bonds. The molecule has 0 aliphatic carbocycles. The van der Waals surface area contributed by atoms with Crippen LogP contribution in [0.3, 0.4) is 0 Å². The Labute approximate surface area is 316 Å². The lowest BCUT2D eigenvalue weighted by Crippen LogP contribution is -1.96. The maximum atomic E-state index is 8.01. The van der Waals surface area contributed by atoms with Gasteiger partial charge in [0.2, 0.25) is 0 Å². The van der Waals surface area contributed by atoms with Crippen molar-refractivity contribution < 1.29 is 0 Å². The third kappa shape index (κ3) is 4.51.